The molecule has 0 aliphatic heterocycles. The van der Waals surface area contributed by atoms with Gasteiger partial charge in [-0.2, -0.15) is 0 Å². The molecule has 0 aromatic carbocycles. The molecule has 0 bridgehead atoms. The third-order valence-electron chi connectivity index (χ3n) is 2.85. The van der Waals surface area contributed by atoms with Gasteiger partial charge < -0.3 is 11.1 Å². The number of carbonyl (C=O) groups excluding carboxylic acids is 1. The molecule has 0 radical (unpaired) electrons. The Morgan fingerprint density at radius 1 is 1.20 bits per heavy atom. The van der Waals surface area contributed by atoms with Gasteiger partial charge in [-0.25, -0.2) is 0 Å². The maximum Gasteiger partial charge on any atom is 0.152 e. The normalized spacial score (nSPS) is 12.9. The molecule has 0 atom stereocenters. The van der Waals surface area contributed by atoms with Gasteiger partial charge in [0, 0.05) is 12.0 Å². The average Bonchev–Trinajstić information content (AvgIpc) is 2.10. The molecular formula is C12H26N2O. The van der Waals surface area contributed by atoms with Crippen LogP contribution in [0.2, 0.25) is 0 Å². The highest BCUT2D eigenvalue weighted by atomic mass is 16.1. The molecular weight excluding hydrogens is 188 g/mol. The van der Waals surface area contributed by atoms with Crippen molar-refractivity contribution in [2.75, 3.05) is 7.05 Å². The van der Waals surface area contributed by atoms with Crippen LogP contribution in [0.5, 0.6) is 0 Å². The first-order valence-corrected chi connectivity index (χ1v) is 5.70. The van der Waals surface area contributed by atoms with Gasteiger partial charge in [0.1, 0.15) is 0 Å². The number of rotatable bonds is 7. The SMILES string of the molecule is CNC(C)(C)CCCCC(=O)C(C)(C)N. The van der Waals surface area contributed by atoms with E-state index in [4.69, 9.17) is 5.73 Å². The van der Waals surface area contributed by atoms with E-state index >= 15 is 0 Å². The summed E-state index contributed by atoms with van der Waals surface area (Å²) in [4.78, 5) is 11.5. The fourth-order valence-corrected chi connectivity index (χ4v) is 1.30. The molecule has 0 fully saturated rings. The minimum absolute atomic E-state index is 0.157. The van der Waals surface area contributed by atoms with Crippen LogP contribution in [0, 0.1) is 0 Å². The van der Waals surface area contributed by atoms with Crippen LogP contribution in [0.25, 0.3) is 0 Å². The van der Waals surface area contributed by atoms with Crippen molar-refractivity contribution in [2.24, 2.45) is 5.73 Å². The molecule has 3 nitrogen and oxygen atoms in total. The summed E-state index contributed by atoms with van der Waals surface area (Å²) >= 11 is 0. The molecule has 90 valence electrons. The van der Waals surface area contributed by atoms with Gasteiger partial charge in [0.05, 0.1) is 5.54 Å². The van der Waals surface area contributed by atoms with Crippen LogP contribution < -0.4 is 11.1 Å². The molecule has 0 aliphatic carbocycles. The number of hydrogen-bond donors (Lipinski definition) is 2. The second-order valence-corrected chi connectivity index (χ2v) is 5.49. The Kier molecular flexibility index (Phi) is 5.46. The van der Waals surface area contributed by atoms with Crippen LogP contribution in [0.3, 0.4) is 0 Å². The van der Waals surface area contributed by atoms with Crippen LogP contribution in [0.4, 0.5) is 0 Å². The van der Waals surface area contributed by atoms with E-state index in [1.807, 2.05) is 7.05 Å². The van der Waals surface area contributed by atoms with E-state index in [9.17, 15) is 4.79 Å². The summed E-state index contributed by atoms with van der Waals surface area (Å²) in [5.41, 5.74) is 5.21. The first-order valence-electron chi connectivity index (χ1n) is 5.70. The molecule has 0 spiro atoms. The predicted octanol–water partition coefficient (Wildman–Crippen LogP) is 1.85. The van der Waals surface area contributed by atoms with Crippen molar-refractivity contribution in [1.29, 1.82) is 0 Å². The zero-order valence-electron chi connectivity index (χ0n) is 10.8. The summed E-state index contributed by atoms with van der Waals surface area (Å²) < 4.78 is 0. The van der Waals surface area contributed by atoms with Crippen molar-refractivity contribution in [3.8, 4) is 0 Å². The maximum absolute atomic E-state index is 11.5. The van der Waals surface area contributed by atoms with E-state index < -0.39 is 5.54 Å². The van der Waals surface area contributed by atoms with Gasteiger partial charge in [-0.05, 0) is 47.6 Å². The second-order valence-electron chi connectivity index (χ2n) is 5.49. The molecule has 0 unspecified atom stereocenters. The average molecular weight is 214 g/mol. The predicted molar refractivity (Wildman–Crippen MR) is 64.9 cm³/mol. The monoisotopic (exact) mass is 214 g/mol. The Labute approximate surface area is 93.8 Å². The maximum atomic E-state index is 11.5. The number of ketones is 1. The minimum Gasteiger partial charge on any atom is -0.319 e. The lowest BCUT2D eigenvalue weighted by atomic mass is 9.93. The van der Waals surface area contributed by atoms with Gasteiger partial charge in [0.15, 0.2) is 5.78 Å². The molecule has 0 aromatic heterocycles. The van der Waals surface area contributed by atoms with Crippen molar-refractivity contribution in [3.63, 3.8) is 0 Å². The van der Waals surface area contributed by atoms with Gasteiger partial charge >= 0.3 is 0 Å². The minimum atomic E-state index is -0.668. The Balaban J connectivity index is 3.69. The topological polar surface area (TPSA) is 55.1 Å². The summed E-state index contributed by atoms with van der Waals surface area (Å²) in [6, 6.07) is 0. The quantitative estimate of drug-likeness (QED) is 0.636. The summed E-state index contributed by atoms with van der Waals surface area (Å²) in [7, 11) is 1.97. The van der Waals surface area contributed by atoms with E-state index in [0.717, 1.165) is 19.3 Å². The lowest BCUT2D eigenvalue weighted by Gasteiger charge is -2.24. The zero-order chi connectivity index (χ0) is 12.1. The van der Waals surface area contributed by atoms with E-state index in [2.05, 4.69) is 19.2 Å². The van der Waals surface area contributed by atoms with Gasteiger partial charge in [0.25, 0.3) is 0 Å². The third-order valence-corrected chi connectivity index (χ3v) is 2.85. The van der Waals surface area contributed by atoms with E-state index in [0.29, 0.717) is 6.42 Å². The number of carbonyl (C=O) groups is 1. The number of hydrogen-bond acceptors (Lipinski definition) is 3. The molecule has 3 heteroatoms. The van der Waals surface area contributed by atoms with Crippen molar-refractivity contribution in [2.45, 2.75) is 64.5 Å². The molecule has 15 heavy (non-hydrogen) atoms. The van der Waals surface area contributed by atoms with Gasteiger partial charge in [-0.3, -0.25) is 4.79 Å². The highest BCUT2D eigenvalue weighted by Gasteiger charge is 2.21. The van der Waals surface area contributed by atoms with E-state index in [1.165, 1.54) is 0 Å². The number of nitrogens with two attached hydrogens (primary N) is 1. The summed E-state index contributed by atoms with van der Waals surface area (Å²) in [5, 5.41) is 3.25. The largest absolute Gasteiger partial charge is 0.319 e. The highest BCUT2D eigenvalue weighted by molar-refractivity contribution is 5.87. The summed E-state index contributed by atoms with van der Waals surface area (Å²) in [5.74, 6) is 0.157. The number of nitrogens with one attached hydrogen (secondary N) is 1. The van der Waals surface area contributed by atoms with Crippen LogP contribution >= 0.6 is 0 Å². The number of Topliss-reactive ketones (excluding diaryl/α,β-unsaturated/α-hetero) is 1. The van der Waals surface area contributed by atoms with E-state index in [-0.39, 0.29) is 11.3 Å². The van der Waals surface area contributed by atoms with E-state index in [1.54, 1.807) is 13.8 Å². The van der Waals surface area contributed by atoms with Gasteiger partial charge in [0.2, 0.25) is 0 Å². The fraction of sp³-hybridized carbons (Fsp3) is 0.917. The molecule has 0 aromatic rings. The van der Waals surface area contributed by atoms with Crippen molar-refractivity contribution in [1.82, 2.24) is 5.32 Å². The van der Waals surface area contributed by atoms with Crippen molar-refractivity contribution >= 4 is 5.78 Å². The van der Waals surface area contributed by atoms with Crippen LogP contribution in [0.15, 0.2) is 0 Å². The number of unbranched alkanes of at least 4 members (excludes halogenated alkanes) is 1. The molecule has 0 aliphatic rings. The van der Waals surface area contributed by atoms with Crippen molar-refractivity contribution < 1.29 is 4.79 Å². The molecule has 3 N–H and O–H groups in total. The van der Waals surface area contributed by atoms with Crippen molar-refractivity contribution in [3.05, 3.63) is 0 Å². The third kappa shape index (κ3) is 6.63. The highest BCUT2D eigenvalue weighted by Crippen LogP contribution is 2.14. The second kappa shape index (κ2) is 5.61. The Hall–Kier alpha value is -0.410. The Bertz CT molecular complexity index is 204. The first-order chi connectivity index (χ1) is 6.69. The Morgan fingerprint density at radius 2 is 1.73 bits per heavy atom. The molecule has 0 heterocycles. The standard InChI is InChI=1S/C12H26N2O/c1-11(2,14-5)9-7-6-8-10(15)12(3,4)13/h14H,6-9,13H2,1-5H3. The van der Waals surface area contributed by atoms with Gasteiger partial charge in [-0.1, -0.05) is 6.42 Å². The lowest BCUT2D eigenvalue weighted by Crippen LogP contribution is -2.41. The zero-order valence-corrected chi connectivity index (χ0v) is 10.8. The molecule has 0 saturated heterocycles. The smallest absolute Gasteiger partial charge is 0.152 e. The Morgan fingerprint density at radius 3 is 2.13 bits per heavy atom. The lowest BCUT2D eigenvalue weighted by molar-refractivity contribution is -0.123. The molecule has 0 saturated carbocycles. The molecule has 0 rings (SSSR count). The van der Waals surface area contributed by atoms with Gasteiger partial charge in [-0.15, -0.1) is 0 Å². The van der Waals surface area contributed by atoms with Crippen LogP contribution in [0.1, 0.15) is 53.4 Å². The summed E-state index contributed by atoms with van der Waals surface area (Å²) in [6.45, 7) is 7.88. The fourth-order valence-electron chi connectivity index (χ4n) is 1.30. The molecule has 0 amide bonds. The van der Waals surface area contributed by atoms with Crippen LogP contribution in [-0.2, 0) is 4.79 Å². The summed E-state index contributed by atoms with van der Waals surface area (Å²) in [6.07, 6.45) is 3.69. The van der Waals surface area contributed by atoms with Crippen LogP contribution in [-0.4, -0.2) is 23.9 Å². The first kappa shape index (κ1) is 14.6.